The monoisotopic (exact) mass is 1930 g/mol. The highest BCUT2D eigenvalue weighted by Gasteiger charge is 2.30. The molecule has 2 aliphatic heterocycles. The third-order valence-electron chi connectivity index (χ3n) is 23.0. The number of hydrogen-bond acceptors (Lipinski definition) is 29. The van der Waals surface area contributed by atoms with Crippen molar-refractivity contribution < 1.29 is 9.53 Å². The molecule has 13 aromatic heterocycles. The van der Waals surface area contributed by atoms with Gasteiger partial charge in [0, 0.05) is 221 Å². The Labute approximate surface area is 810 Å². The molecule has 13 aromatic rings. The van der Waals surface area contributed by atoms with E-state index in [1.165, 1.54) is 0 Å². The molecule has 5 aliphatic carbocycles. The highest BCUT2D eigenvalue weighted by atomic mass is 32.1. The maximum Gasteiger partial charge on any atom is 0.241 e. The molecule has 45 heteroatoms. The normalized spacial score (nSPS) is 20.9. The van der Waals surface area contributed by atoms with E-state index in [0.29, 0.717) is 61.3 Å². The molecular weight excluding hydrogens is 1800 g/mol. The van der Waals surface area contributed by atoms with Crippen molar-refractivity contribution in [1.29, 1.82) is 0 Å². The van der Waals surface area contributed by atoms with Gasteiger partial charge >= 0.3 is 0 Å². The molecule has 35 nitrogen and oxygen atoms in total. The summed E-state index contributed by atoms with van der Waals surface area (Å²) in [6.07, 6.45) is 31.7. The number of carbonyl (C=O) groups excluding carboxylic acids is 1. The number of nitrogens with zero attached hydrogens (tertiary/aromatic N) is 23. The summed E-state index contributed by atoms with van der Waals surface area (Å²) in [7, 11) is 5.61. The lowest BCUT2D eigenvalue weighted by Crippen LogP contribution is -2.48. The molecule has 0 radical (unpaired) electrons. The average Bonchev–Trinajstić information content (AvgIpc) is 1.71. The van der Waals surface area contributed by atoms with Crippen molar-refractivity contribution in [2.45, 2.75) is 171 Å². The van der Waals surface area contributed by atoms with Gasteiger partial charge < -0.3 is 79.6 Å². The lowest BCUT2D eigenvalue weighted by atomic mass is 10.1. The molecule has 1 amide bonds. The van der Waals surface area contributed by atoms with Gasteiger partial charge in [-0.1, -0.05) is 0 Å². The molecule has 15 N–H and O–H groups in total. The summed E-state index contributed by atoms with van der Waals surface area (Å²) in [5, 5.41) is 39.8. The molecule has 0 bridgehead atoms. The van der Waals surface area contributed by atoms with E-state index in [1.807, 2.05) is 134 Å². The molecule has 7 aliphatic rings. The number of aryl methyl sites for hydroxylation is 2. The number of likely N-dealkylation sites (N-methyl/N-ethyl adjacent to an activating group) is 2. The minimum Gasteiger partial charge on any atom is -0.481 e. The average molecular weight is 1930 g/mol. The third kappa shape index (κ3) is 26.9. The van der Waals surface area contributed by atoms with Crippen LogP contribution in [0.2, 0.25) is 0 Å². The number of amides is 1. The maximum atomic E-state index is 12.0. The van der Waals surface area contributed by atoms with Crippen molar-refractivity contribution in [3.05, 3.63) is 152 Å². The van der Waals surface area contributed by atoms with E-state index < -0.39 is 0 Å². The summed E-state index contributed by atoms with van der Waals surface area (Å²) in [6, 6.07) is 31.0. The smallest absolute Gasteiger partial charge is 0.241 e. The van der Waals surface area contributed by atoms with Gasteiger partial charge in [0.1, 0.15) is 46.5 Å². The Morgan fingerprint density at radius 1 is 0.354 bits per heavy atom. The summed E-state index contributed by atoms with van der Waals surface area (Å²) < 4.78 is 14.4. The molecule has 20 rings (SSSR count). The number of ether oxygens (including phenoxy) is 1. The number of carbonyl (C=O) groups is 1. The standard InChI is InChI=1S/C17H20N6O.C17H20N6.C16H23N7O.C16H19N7.C16H25N7.10H2S/c1-24-17-8-11(4-6-19-17)14-10-16(21-13-3-2-12(18)9-13)23-15(22-14)5-7-20-23;1-11-8-12(4-6-19-11)15-10-17(21-14-3-2-13(18)9-14)23-16(22-15)5-7-20-23;1-21-6-7-22(10-16(21)24)14-9-15(19-12-3-2-11(17)8-12)23-13(20-14)4-5-18-23;1-10-18-8-11(9-19-10)14-7-16(21-13-3-2-12(17)6-13)23-15(22-14)4-5-20-23;1-21-6-8-22(9-7-21)15-11-16(19-13-3-2-12(17)10-13)23-14(20-15)4-5-18-23;;;;;;;;;;/h4-8,10,12-13,21H,2-3,9,18H2,1H3;4-8,10,13-14,21H,2-3,9,18H2,1H3;4-5,9,11-12,19H,2-3,6-8,10,17H2,1H3;4-5,7-9,12-13,21H,2-3,6,17H2,1H3;4-5,11-13,19H,2-3,6-10,17H2,1H3;10*1H2/t12-,13-;13-,14-;11-,12-;2*12-,13-;;;;;;;;;;/m00000........../s1. The van der Waals surface area contributed by atoms with Crippen LogP contribution in [0.4, 0.5) is 40.7 Å². The zero-order valence-electron chi connectivity index (χ0n) is 72.1. The summed E-state index contributed by atoms with van der Waals surface area (Å²) >= 11 is 0. The highest BCUT2D eigenvalue weighted by molar-refractivity contribution is 7.60. The second kappa shape index (κ2) is 49.6. The van der Waals surface area contributed by atoms with Crippen LogP contribution in [0.25, 0.3) is 62.0 Å². The first kappa shape index (κ1) is 107. The zero-order chi connectivity index (χ0) is 80.6. The lowest BCUT2D eigenvalue weighted by Gasteiger charge is -2.33. The maximum absolute atomic E-state index is 12.0. The number of nitrogens with one attached hydrogen (secondary N) is 5. The number of pyridine rings is 2. The minimum atomic E-state index is 0. The molecule has 2 saturated heterocycles. The summed E-state index contributed by atoms with van der Waals surface area (Å²) in [4.78, 5) is 60.9. The Morgan fingerprint density at radius 3 is 1.02 bits per heavy atom. The molecule has 10 atom stereocenters. The van der Waals surface area contributed by atoms with E-state index in [1.54, 1.807) is 55.4 Å². The Morgan fingerprint density at radius 2 is 0.677 bits per heavy atom. The van der Waals surface area contributed by atoms with Gasteiger partial charge in [0.05, 0.1) is 61.7 Å². The van der Waals surface area contributed by atoms with Gasteiger partial charge in [0.2, 0.25) is 11.8 Å². The molecule has 7 fully saturated rings. The van der Waals surface area contributed by atoms with Crippen LogP contribution < -0.4 is 69.8 Å². The predicted octanol–water partition coefficient (Wildman–Crippen LogP) is 8.47. The van der Waals surface area contributed by atoms with E-state index in [2.05, 4.69) is 116 Å². The molecule has 0 spiro atoms. The van der Waals surface area contributed by atoms with Crippen LogP contribution >= 0.6 is 135 Å². The fraction of sp³-hybridized carbons (Fsp3) is 0.451. The topological polar surface area (TPSA) is 432 Å². The number of fused-ring (bicyclic) bond motifs is 5. The molecule has 15 heterocycles. The number of methoxy groups -OCH3 is 1. The van der Waals surface area contributed by atoms with E-state index in [0.717, 1.165) is 243 Å². The Bertz CT molecular complexity index is 5570. The van der Waals surface area contributed by atoms with Crippen LogP contribution in [-0.2, 0) is 4.79 Å². The predicted molar refractivity (Wildman–Crippen MR) is 558 cm³/mol. The Kier molecular flexibility index (Phi) is 41.9. The first-order valence-corrected chi connectivity index (χ1v) is 40.9. The van der Waals surface area contributed by atoms with Crippen LogP contribution in [0.1, 0.15) is 108 Å². The van der Waals surface area contributed by atoms with Crippen LogP contribution in [0.5, 0.6) is 5.88 Å². The van der Waals surface area contributed by atoms with Crippen LogP contribution in [0.15, 0.2) is 141 Å². The van der Waals surface area contributed by atoms with Crippen molar-refractivity contribution in [1.82, 2.24) is 103 Å². The van der Waals surface area contributed by atoms with E-state index in [9.17, 15) is 4.79 Å². The van der Waals surface area contributed by atoms with E-state index in [-0.39, 0.29) is 159 Å². The van der Waals surface area contributed by atoms with E-state index in [4.69, 9.17) is 43.4 Å². The van der Waals surface area contributed by atoms with Gasteiger partial charge in [-0.25, -0.2) is 39.9 Å². The molecule has 0 unspecified atom stereocenters. The quantitative estimate of drug-likeness (QED) is 0.0433. The second-order valence-electron chi connectivity index (χ2n) is 32.0. The van der Waals surface area contributed by atoms with Gasteiger partial charge in [-0.2, -0.15) is 183 Å². The molecule has 0 aromatic carbocycles. The summed E-state index contributed by atoms with van der Waals surface area (Å²) in [5.41, 5.74) is 40.8. The Balaban J connectivity index is 0.000000240. The first-order chi connectivity index (χ1) is 56.9. The largest absolute Gasteiger partial charge is 0.481 e. The van der Waals surface area contributed by atoms with Gasteiger partial charge in [-0.15, -0.1) is 0 Å². The number of piperazine rings is 2. The van der Waals surface area contributed by atoms with Crippen molar-refractivity contribution in [2.75, 3.05) is 103 Å². The van der Waals surface area contributed by atoms with Gasteiger partial charge in [-0.3, -0.25) is 9.78 Å². The fourth-order valence-corrected chi connectivity index (χ4v) is 16.5. The van der Waals surface area contributed by atoms with Crippen LogP contribution in [-0.4, -0.2) is 236 Å². The third-order valence-corrected chi connectivity index (χ3v) is 23.0. The summed E-state index contributed by atoms with van der Waals surface area (Å²) in [6.45, 7) is 9.90. The molecular formula is C82H127N33O2S10. The highest BCUT2D eigenvalue weighted by Crippen LogP contribution is 2.33. The Hall–Kier alpha value is -8.39. The second-order valence-corrected chi connectivity index (χ2v) is 32.0. The van der Waals surface area contributed by atoms with Crippen molar-refractivity contribution in [2.24, 2.45) is 28.7 Å². The molecule has 127 heavy (non-hydrogen) atoms. The fourth-order valence-electron chi connectivity index (χ4n) is 16.5. The first-order valence-electron chi connectivity index (χ1n) is 40.9. The van der Waals surface area contributed by atoms with Crippen LogP contribution in [0.3, 0.4) is 0 Å². The minimum absolute atomic E-state index is 0. The lowest BCUT2D eigenvalue weighted by molar-refractivity contribution is -0.129. The van der Waals surface area contributed by atoms with Gasteiger partial charge in [-0.05, 0) is 135 Å². The molecule has 692 valence electrons. The number of aromatic nitrogens is 19. The SMILES string of the molecule is CN1CCN(c2cc(N[C@H]3CC[C@H](N)C3)n3nccc3n2)CC1.CN1CCN(c2cc(N[C@H]3CC[C@H](N)C3)n3nccc3n2)CC1=O.COc1cc(-c2cc(N[C@H]3CC[C@H](N)C3)n3nccc3n2)ccn1.Cc1cc(-c2cc(N[C@H]3CC[C@H](N)C3)n3nccc3n2)ccn1.Cc1ncc(-c2cc(N[C@H]3CC[C@H](N)C3)n3nccc3n2)cn1.S.S.S.S.S.S.S.S.S.S. The van der Waals surface area contributed by atoms with Crippen LogP contribution in [0, 0.1) is 13.8 Å². The zero-order valence-corrected chi connectivity index (χ0v) is 82.1. The van der Waals surface area contributed by atoms with Crippen molar-refractivity contribution in [3.8, 4) is 39.7 Å². The van der Waals surface area contributed by atoms with Crippen molar-refractivity contribution >= 4 is 210 Å². The molecule has 5 saturated carbocycles. The number of rotatable bonds is 16. The summed E-state index contributed by atoms with van der Waals surface area (Å²) in [5.74, 6) is 8.03. The van der Waals surface area contributed by atoms with Gasteiger partial charge in [0.15, 0.2) is 28.2 Å². The number of anilines is 7. The van der Waals surface area contributed by atoms with Crippen molar-refractivity contribution in [3.63, 3.8) is 0 Å². The van der Waals surface area contributed by atoms with E-state index >= 15 is 0 Å². The number of nitrogens with two attached hydrogens (primary N) is 5. The van der Waals surface area contributed by atoms with Gasteiger partial charge in [0.25, 0.3) is 0 Å². The number of hydrogen-bond donors (Lipinski definition) is 10.